The van der Waals surface area contributed by atoms with Crippen LogP contribution in [0, 0.1) is 0 Å². The minimum Gasteiger partial charge on any atom is -0.375 e. The van der Waals surface area contributed by atoms with E-state index in [4.69, 9.17) is 10.6 Å². The second-order valence-corrected chi connectivity index (χ2v) is 5.16. The number of rotatable bonds is 6. The van der Waals surface area contributed by atoms with Crippen LogP contribution >= 0.6 is 11.3 Å². The Morgan fingerprint density at radius 3 is 2.56 bits per heavy atom. The normalized spacial score (nSPS) is 14.3. The topological polar surface area (TPSA) is 47.3 Å². The lowest BCUT2D eigenvalue weighted by atomic mass is 9.99. The number of ether oxygens (including phenoxy) is 1. The van der Waals surface area contributed by atoms with Gasteiger partial charge >= 0.3 is 0 Å². The number of nitrogens with two attached hydrogens (primary N) is 1. The lowest BCUT2D eigenvalue weighted by Gasteiger charge is -2.25. The highest BCUT2D eigenvalue weighted by Crippen LogP contribution is 2.24. The highest BCUT2D eigenvalue weighted by atomic mass is 32.1. The Bertz CT molecular complexity index is 444. The van der Waals surface area contributed by atoms with Crippen molar-refractivity contribution >= 4 is 11.3 Å². The third-order valence-electron chi connectivity index (χ3n) is 2.96. The van der Waals surface area contributed by atoms with Gasteiger partial charge < -0.3 is 4.74 Å². The molecule has 0 amide bonds. The van der Waals surface area contributed by atoms with Crippen molar-refractivity contribution in [3.05, 3.63) is 58.3 Å². The van der Waals surface area contributed by atoms with Crippen LogP contribution in [0.15, 0.2) is 47.8 Å². The van der Waals surface area contributed by atoms with Gasteiger partial charge in [0.25, 0.3) is 0 Å². The van der Waals surface area contributed by atoms with Crippen LogP contribution in [0.3, 0.4) is 0 Å². The van der Waals surface area contributed by atoms with Gasteiger partial charge in [-0.1, -0.05) is 36.4 Å². The third kappa shape index (κ3) is 3.17. The van der Waals surface area contributed by atoms with E-state index in [0.717, 1.165) is 12.0 Å². The molecule has 3 nitrogen and oxygen atoms in total. The van der Waals surface area contributed by atoms with Crippen molar-refractivity contribution in [2.24, 2.45) is 5.84 Å². The highest BCUT2D eigenvalue weighted by molar-refractivity contribution is 7.09. The van der Waals surface area contributed by atoms with Gasteiger partial charge in [0.2, 0.25) is 0 Å². The molecule has 0 aliphatic heterocycles. The lowest BCUT2D eigenvalue weighted by molar-refractivity contribution is 0.0681. The molecule has 0 spiro atoms. The van der Waals surface area contributed by atoms with Crippen molar-refractivity contribution in [3.8, 4) is 0 Å². The number of thiophene rings is 1. The SMILES string of the molecule is COC(c1ccccc1)C(Cc1cccs1)NN. The third-order valence-corrected chi connectivity index (χ3v) is 3.86. The van der Waals surface area contributed by atoms with E-state index in [2.05, 4.69) is 35.1 Å². The highest BCUT2D eigenvalue weighted by Gasteiger charge is 2.22. The molecule has 1 aromatic heterocycles. The first-order valence-electron chi connectivity index (χ1n) is 5.91. The molecule has 18 heavy (non-hydrogen) atoms. The van der Waals surface area contributed by atoms with E-state index >= 15 is 0 Å². The average molecular weight is 262 g/mol. The fourth-order valence-corrected chi connectivity index (χ4v) is 2.84. The maximum absolute atomic E-state index is 5.68. The molecule has 0 aliphatic carbocycles. The summed E-state index contributed by atoms with van der Waals surface area (Å²) in [5, 5.41) is 2.08. The fraction of sp³-hybridized carbons (Fsp3) is 0.286. The van der Waals surface area contributed by atoms with Crippen molar-refractivity contribution in [2.75, 3.05) is 7.11 Å². The summed E-state index contributed by atoms with van der Waals surface area (Å²) in [6.07, 6.45) is 0.819. The van der Waals surface area contributed by atoms with E-state index in [1.165, 1.54) is 4.88 Å². The Morgan fingerprint density at radius 2 is 2.00 bits per heavy atom. The molecule has 2 unspecified atom stereocenters. The van der Waals surface area contributed by atoms with Crippen molar-refractivity contribution in [3.63, 3.8) is 0 Å². The monoisotopic (exact) mass is 262 g/mol. The van der Waals surface area contributed by atoms with E-state index in [9.17, 15) is 0 Å². The molecule has 0 aliphatic rings. The molecule has 1 aromatic carbocycles. The molecule has 2 rings (SSSR count). The Kier molecular flexibility index (Phi) is 4.90. The van der Waals surface area contributed by atoms with E-state index in [1.807, 2.05) is 18.2 Å². The Labute approximate surface area is 112 Å². The van der Waals surface area contributed by atoms with Crippen LogP contribution in [0.5, 0.6) is 0 Å². The molecule has 0 saturated carbocycles. The predicted molar refractivity (Wildman–Crippen MR) is 75.3 cm³/mol. The molecular weight excluding hydrogens is 244 g/mol. The summed E-state index contributed by atoms with van der Waals surface area (Å²) >= 11 is 1.74. The Morgan fingerprint density at radius 1 is 1.22 bits per heavy atom. The summed E-state index contributed by atoms with van der Waals surface area (Å²) in [5.41, 5.74) is 4.01. The van der Waals surface area contributed by atoms with Gasteiger partial charge in [0, 0.05) is 18.4 Å². The quantitative estimate of drug-likeness (QED) is 0.621. The second-order valence-electron chi connectivity index (χ2n) is 4.12. The summed E-state index contributed by atoms with van der Waals surface area (Å²) < 4.78 is 5.60. The molecular formula is C14H18N2OS. The van der Waals surface area contributed by atoms with Crippen LogP contribution in [-0.4, -0.2) is 13.2 Å². The van der Waals surface area contributed by atoms with Gasteiger partial charge in [-0.15, -0.1) is 11.3 Å². The van der Waals surface area contributed by atoms with Crippen molar-refractivity contribution in [2.45, 2.75) is 18.6 Å². The van der Waals surface area contributed by atoms with E-state index in [1.54, 1.807) is 18.4 Å². The van der Waals surface area contributed by atoms with Gasteiger partial charge in [-0.25, -0.2) is 0 Å². The summed E-state index contributed by atoms with van der Waals surface area (Å²) in [6, 6.07) is 14.4. The van der Waals surface area contributed by atoms with Crippen LogP contribution in [0.2, 0.25) is 0 Å². The van der Waals surface area contributed by atoms with Gasteiger partial charge in [0.05, 0.1) is 12.1 Å². The molecule has 0 saturated heterocycles. The van der Waals surface area contributed by atoms with E-state index < -0.39 is 0 Å². The fourth-order valence-electron chi connectivity index (χ4n) is 2.07. The maximum atomic E-state index is 5.68. The number of nitrogens with one attached hydrogen (secondary N) is 1. The van der Waals surface area contributed by atoms with Crippen LogP contribution in [-0.2, 0) is 11.2 Å². The van der Waals surface area contributed by atoms with E-state index in [-0.39, 0.29) is 12.1 Å². The first-order valence-corrected chi connectivity index (χ1v) is 6.79. The standard InChI is InChI=1S/C14H18N2OS/c1-17-14(11-6-3-2-4-7-11)13(16-15)10-12-8-5-9-18-12/h2-9,13-14,16H,10,15H2,1H3. The molecule has 3 N–H and O–H groups in total. The summed E-state index contributed by atoms with van der Waals surface area (Å²) in [5.74, 6) is 5.68. The Hall–Kier alpha value is -1.20. The molecule has 96 valence electrons. The first kappa shape index (κ1) is 13.2. The van der Waals surface area contributed by atoms with Gasteiger partial charge in [0.1, 0.15) is 0 Å². The minimum atomic E-state index is -0.0432. The number of benzene rings is 1. The molecule has 4 heteroatoms. The van der Waals surface area contributed by atoms with Gasteiger partial charge in [-0.2, -0.15) is 0 Å². The van der Waals surface area contributed by atoms with E-state index in [0.29, 0.717) is 0 Å². The van der Waals surface area contributed by atoms with Crippen LogP contribution in [0.4, 0.5) is 0 Å². The van der Waals surface area contributed by atoms with Crippen LogP contribution in [0.25, 0.3) is 0 Å². The second kappa shape index (κ2) is 6.66. The summed E-state index contributed by atoms with van der Waals surface area (Å²) in [7, 11) is 1.72. The number of hydrazine groups is 1. The molecule has 0 fully saturated rings. The van der Waals surface area contributed by atoms with Crippen molar-refractivity contribution in [1.82, 2.24) is 5.43 Å². The van der Waals surface area contributed by atoms with Crippen LogP contribution < -0.4 is 11.3 Å². The number of hydrogen-bond donors (Lipinski definition) is 2. The molecule has 1 heterocycles. The summed E-state index contributed by atoms with van der Waals surface area (Å²) in [6.45, 7) is 0. The average Bonchev–Trinajstić information content (AvgIpc) is 2.92. The smallest absolute Gasteiger partial charge is 0.0991 e. The molecule has 2 atom stereocenters. The lowest BCUT2D eigenvalue weighted by Crippen LogP contribution is -2.42. The van der Waals surface area contributed by atoms with Gasteiger partial charge in [-0.3, -0.25) is 11.3 Å². The zero-order valence-corrected chi connectivity index (χ0v) is 11.2. The number of methoxy groups -OCH3 is 1. The van der Waals surface area contributed by atoms with Crippen molar-refractivity contribution < 1.29 is 4.74 Å². The maximum Gasteiger partial charge on any atom is 0.0991 e. The van der Waals surface area contributed by atoms with Crippen molar-refractivity contribution in [1.29, 1.82) is 0 Å². The van der Waals surface area contributed by atoms with Crippen LogP contribution in [0.1, 0.15) is 16.5 Å². The molecule has 0 bridgehead atoms. The zero-order chi connectivity index (χ0) is 12.8. The van der Waals surface area contributed by atoms with Gasteiger partial charge in [-0.05, 0) is 17.0 Å². The first-order chi connectivity index (χ1) is 8.85. The Balaban J connectivity index is 2.14. The predicted octanol–water partition coefficient (Wildman–Crippen LogP) is 2.51. The summed E-state index contributed by atoms with van der Waals surface area (Å²) in [4.78, 5) is 1.30. The minimum absolute atomic E-state index is 0.0432. The largest absolute Gasteiger partial charge is 0.375 e. The molecule has 0 radical (unpaired) electrons. The molecule has 2 aromatic rings. The zero-order valence-electron chi connectivity index (χ0n) is 10.4. The number of hydrogen-bond acceptors (Lipinski definition) is 4. The van der Waals surface area contributed by atoms with Gasteiger partial charge in [0.15, 0.2) is 0 Å².